The predicted octanol–water partition coefficient (Wildman–Crippen LogP) is 2.85. The molecule has 1 saturated heterocycles. The second kappa shape index (κ2) is 6.11. The minimum absolute atomic E-state index is 0.0100. The summed E-state index contributed by atoms with van der Waals surface area (Å²) in [7, 11) is 0. The van der Waals surface area contributed by atoms with Crippen LogP contribution in [0.5, 0.6) is 0 Å². The zero-order chi connectivity index (χ0) is 15.6. The first-order valence-corrected chi connectivity index (χ1v) is 7.84. The third-order valence-corrected chi connectivity index (χ3v) is 5.34. The number of hydrogen-bond donors (Lipinski definition) is 2. The van der Waals surface area contributed by atoms with Crippen molar-refractivity contribution in [1.82, 2.24) is 5.32 Å². The fourth-order valence-electron chi connectivity index (χ4n) is 2.23. The van der Waals surface area contributed by atoms with E-state index in [9.17, 15) is 14.9 Å². The van der Waals surface area contributed by atoms with Gasteiger partial charge in [-0.1, -0.05) is 11.6 Å². The number of nitro benzene ring substituents is 1. The number of hydrogen-bond acceptors (Lipinski definition) is 5. The molecule has 6 nitrogen and oxygen atoms in total. The molecule has 0 spiro atoms. The molecule has 114 valence electrons. The minimum atomic E-state index is -0.647. The number of carbonyl (C=O) groups excluding carboxylic acids is 1. The number of halogens is 1. The Balaban J connectivity index is 2.14. The first kappa shape index (κ1) is 15.9. The van der Waals surface area contributed by atoms with Crippen molar-refractivity contribution in [1.29, 1.82) is 0 Å². The number of thioether (sulfide) groups is 1. The molecule has 0 bridgehead atoms. The Morgan fingerprint density at radius 3 is 2.90 bits per heavy atom. The maximum atomic E-state index is 12.1. The molecule has 1 unspecified atom stereocenters. The Bertz CT molecular complexity index is 588. The van der Waals surface area contributed by atoms with Gasteiger partial charge < -0.3 is 11.1 Å². The second-order valence-corrected chi connectivity index (χ2v) is 7.32. The van der Waals surface area contributed by atoms with Crippen LogP contribution < -0.4 is 11.1 Å². The van der Waals surface area contributed by atoms with Gasteiger partial charge in [0.25, 0.3) is 11.6 Å². The summed E-state index contributed by atoms with van der Waals surface area (Å²) in [4.78, 5) is 22.4. The summed E-state index contributed by atoms with van der Waals surface area (Å²) in [6.45, 7) is 2.62. The summed E-state index contributed by atoms with van der Waals surface area (Å²) in [6.07, 6.45) is 2.18. The highest BCUT2D eigenvalue weighted by Crippen LogP contribution is 2.37. The number of nitrogens with zero attached hydrogens (tertiary/aromatic N) is 1. The van der Waals surface area contributed by atoms with E-state index in [-0.39, 0.29) is 32.6 Å². The zero-order valence-electron chi connectivity index (χ0n) is 11.5. The number of carbonyl (C=O) groups is 1. The molecule has 1 amide bonds. The van der Waals surface area contributed by atoms with Crippen molar-refractivity contribution < 1.29 is 9.72 Å². The van der Waals surface area contributed by atoms with Gasteiger partial charge in [-0.25, -0.2) is 0 Å². The summed E-state index contributed by atoms with van der Waals surface area (Å²) in [5.41, 5.74) is 5.20. The van der Waals surface area contributed by atoms with Gasteiger partial charge in [-0.2, -0.15) is 11.8 Å². The number of benzene rings is 1. The average Bonchev–Trinajstić information content (AvgIpc) is 2.86. The van der Waals surface area contributed by atoms with Gasteiger partial charge in [0.1, 0.15) is 5.69 Å². The summed E-state index contributed by atoms with van der Waals surface area (Å²) in [5.74, 6) is 0.708. The molecule has 2 rings (SSSR count). The molecule has 21 heavy (non-hydrogen) atoms. The van der Waals surface area contributed by atoms with E-state index < -0.39 is 4.92 Å². The maximum absolute atomic E-state index is 12.1. The fraction of sp³-hybridized carbons (Fsp3) is 0.462. The minimum Gasteiger partial charge on any atom is -0.392 e. The Morgan fingerprint density at radius 1 is 1.62 bits per heavy atom. The molecular weight excluding hydrogens is 314 g/mol. The summed E-state index contributed by atoms with van der Waals surface area (Å²) >= 11 is 7.67. The summed E-state index contributed by atoms with van der Waals surface area (Å²) in [5, 5.41) is 13.7. The number of nitrogen functional groups attached to an aromatic ring is 1. The van der Waals surface area contributed by atoms with E-state index in [1.165, 1.54) is 6.07 Å². The lowest BCUT2D eigenvalue weighted by atomic mass is 10.1. The SMILES string of the molecule is CC1(CNC(=O)c2cc(Cl)c(N)c([N+](=O)[O-])c2)CCCS1. The molecule has 1 aliphatic rings. The molecule has 0 saturated carbocycles. The van der Waals surface area contributed by atoms with Crippen LogP contribution in [0.3, 0.4) is 0 Å². The monoisotopic (exact) mass is 329 g/mol. The van der Waals surface area contributed by atoms with Gasteiger partial charge in [0, 0.05) is 22.9 Å². The molecule has 1 atom stereocenters. The van der Waals surface area contributed by atoms with Crippen molar-refractivity contribution in [2.24, 2.45) is 0 Å². The van der Waals surface area contributed by atoms with Crippen molar-refractivity contribution in [2.45, 2.75) is 24.5 Å². The van der Waals surface area contributed by atoms with Crippen LogP contribution in [0.25, 0.3) is 0 Å². The highest BCUT2D eigenvalue weighted by molar-refractivity contribution is 8.00. The van der Waals surface area contributed by atoms with Crippen LogP contribution in [0.15, 0.2) is 12.1 Å². The third-order valence-electron chi connectivity index (χ3n) is 3.49. The number of anilines is 1. The molecule has 8 heteroatoms. The molecule has 1 fully saturated rings. The fourth-order valence-corrected chi connectivity index (χ4v) is 3.69. The Kier molecular flexibility index (Phi) is 4.63. The highest BCUT2D eigenvalue weighted by atomic mass is 35.5. The van der Waals surface area contributed by atoms with Gasteiger partial charge in [0.2, 0.25) is 0 Å². The van der Waals surface area contributed by atoms with E-state index in [1.807, 2.05) is 11.8 Å². The second-order valence-electron chi connectivity index (χ2n) is 5.23. The number of rotatable bonds is 4. The zero-order valence-corrected chi connectivity index (χ0v) is 13.1. The van der Waals surface area contributed by atoms with Crippen LogP contribution in [-0.2, 0) is 0 Å². The van der Waals surface area contributed by atoms with Gasteiger partial charge >= 0.3 is 0 Å². The van der Waals surface area contributed by atoms with E-state index in [1.54, 1.807) is 0 Å². The van der Waals surface area contributed by atoms with Crippen LogP contribution in [-0.4, -0.2) is 27.9 Å². The smallest absolute Gasteiger partial charge is 0.294 e. The third kappa shape index (κ3) is 3.59. The molecule has 0 aromatic heterocycles. The molecule has 0 aliphatic carbocycles. The number of nitrogens with two attached hydrogens (primary N) is 1. The Labute approximate surface area is 131 Å². The highest BCUT2D eigenvalue weighted by Gasteiger charge is 2.30. The van der Waals surface area contributed by atoms with Crippen molar-refractivity contribution in [3.05, 3.63) is 32.8 Å². The predicted molar refractivity (Wildman–Crippen MR) is 84.9 cm³/mol. The summed E-state index contributed by atoms with van der Waals surface area (Å²) in [6, 6.07) is 2.50. The number of nitro groups is 1. The number of amides is 1. The maximum Gasteiger partial charge on any atom is 0.294 e. The largest absolute Gasteiger partial charge is 0.392 e. The first-order valence-electron chi connectivity index (χ1n) is 6.48. The van der Waals surface area contributed by atoms with Crippen LogP contribution in [0.4, 0.5) is 11.4 Å². The van der Waals surface area contributed by atoms with Crippen LogP contribution in [0, 0.1) is 10.1 Å². The van der Waals surface area contributed by atoms with Crippen LogP contribution in [0.1, 0.15) is 30.1 Å². The molecule has 1 aromatic rings. The van der Waals surface area contributed by atoms with Crippen molar-refractivity contribution >= 4 is 40.6 Å². The van der Waals surface area contributed by atoms with E-state index in [4.69, 9.17) is 17.3 Å². The van der Waals surface area contributed by atoms with Crippen molar-refractivity contribution in [2.75, 3.05) is 18.0 Å². The summed E-state index contributed by atoms with van der Waals surface area (Å²) < 4.78 is 0.0270. The standard InChI is InChI=1S/C13H16ClN3O3S/c1-13(3-2-4-21-13)7-16-12(18)8-5-9(14)11(15)10(6-8)17(19)20/h5-6H,2-4,7,15H2,1H3,(H,16,18). The Hall–Kier alpha value is -1.47. The molecule has 0 radical (unpaired) electrons. The average molecular weight is 330 g/mol. The quantitative estimate of drug-likeness (QED) is 0.503. The van der Waals surface area contributed by atoms with E-state index in [2.05, 4.69) is 12.2 Å². The van der Waals surface area contributed by atoms with E-state index in [0.717, 1.165) is 24.7 Å². The van der Waals surface area contributed by atoms with Crippen LogP contribution >= 0.6 is 23.4 Å². The lowest BCUT2D eigenvalue weighted by Crippen LogP contribution is -2.36. The lowest BCUT2D eigenvalue weighted by Gasteiger charge is -2.22. The van der Waals surface area contributed by atoms with Crippen molar-refractivity contribution in [3.8, 4) is 0 Å². The van der Waals surface area contributed by atoms with Gasteiger partial charge in [0.05, 0.1) is 9.95 Å². The normalized spacial score (nSPS) is 21.2. The lowest BCUT2D eigenvalue weighted by molar-refractivity contribution is -0.383. The van der Waals surface area contributed by atoms with Gasteiger partial charge in [-0.15, -0.1) is 0 Å². The first-order chi connectivity index (χ1) is 9.82. The number of nitrogens with one attached hydrogen (secondary N) is 1. The molecular formula is C13H16ClN3O3S. The molecule has 3 N–H and O–H groups in total. The van der Waals surface area contributed by atoms with E-state index >= 15 is 0 Å². The molecule has 1 aliphatic heterocycles. The van der Waals surface area contributed by atoms with Crippen LogP contribution in [0.2, 0.25) is 5.02 Å². The van der Waals surface area contributed by atoms with Crippen molar-refractivity contribution in [3.63, 3.8) is 0 Å². The topological polar surface area (TPSA) is 98.3 Å². The van der Waals surface area contributed by atoms with Gasteiger partial charge in [-0.05, 0) is 31.6 Å². The van der Waals surface area contributed by atoms with Gasteiger partial charge in [0.15, 0.2) is 0 Å². The van der Waals surface area contributed by atoms with Gasteiger partial charge in [-0.3, -0.25) is 14.9 Å². The van der Waals surface area contributed by atoms with E-state index in [0.29, 0.717) is 6.54 Å². The molecule has 1 heterocycles. The molecule has 1 aromatic carbocycles. The Morgan fingerprint density at radius 2 is 2.33 bits per heavy atom.